The van der Waals surface area contributed by atoms with Gasteiger partial charge in [0.1, 0.15) is 5.75 Å². The number of benzene rings is 2. The first-order valence-electron chi connectivity index (χ1n) is 11.7. The van der Waals surface area contributed by atoms with Crippen LogP contribution in [0.2, 0.25) is 0 Å². The summed E-state index contributed by atoms with van der Waals surface area (Å²) in [4.78, 5) is 7.08. The molecule has 5 rings (SSSR count). The largest absolute Gasteiger partial charge is 0.497 e. The van der Waals surface area contributed by atoms with Crippen LogP contribution in [-0.4, -0.2) is 66.0 Å². The van der Waals surface area contributed by atoms with Crippen molar-refractivity contribution >= 4 is 17.3 Å². The van der Waals surface area contributed by atoms with E-state index in [-0.39, 0.29) is 0 Å². The van der Waals surface area contributed by atoms with E-state index in [2.05, 4.69) is 44.8 Å². The van der Waals surface area contributed by atoms with Gasteiger partial charge in [0.15, 0.2) is 5.65 Å². The first-order chi connectivity index (χ1) is 16.8. The molecule has 4 aromatic rings. The van der Waals surface area contributed by atoms with Crippen molar-refractivity contribution in [3.63, 3.8) is 0 Å². The first-order valence-corrected chi connectivity index (χ1v) is 11.7. The summed E-state index contributed by atoms with van der Waals surface area (Å²) in [6, 6.07) is 22.3. The topological polar surface area (TPSA) is 76.0 Å². The summed E-state index contributed by atoms with van der Waals surface area (Å²) in [5.41, 5.74) is 5.01. The molecule has 1 fully saturated rings. The standard InChI is InChI=1S/C26H30N6O2/c1-33-23-11-7-21(8-12-23)24-3-2-4-25-29-26(30-32(24)25)28-22-9-5-20(6-10-22)19-27-13-14-31-15-17-34-18-16-31/h2-12,27H,13-19H2,1H3,(H,28,30). The number of rotatable bonds is 9. The summed E-state index contributed by atoms with van der Waals surface area (Å²) < 4.78 is 12.5. The fourth-order valence-electron chi connectivity index (χ4n) is 4.07. The van der Waals surface area contributed by atoms with Crippen molar-refractivity contribution in [1.82, 2.24) is 24.8 Å². The maximum absolute atomic E-state index is 5.40. The molecule has 8 nitrogen and oxygen atoms in total. The molecule has 0 amide bonds. The van der Waals surface area contributed by atoms with E-state index in [0.717, 1.165) is 74.3 Å². The quantitative estimate of drug-likeness (QED) is 0.371. The van der Waals surface area contributed by atoms with Crippen molar-refractivity contribution in [1.29, 1.82) is 0 Å². The smallest absolute Gasteiger partial charge is 0.247 e. The molecule has 176 valence electrons. The molecule has 0 atom stereocenters. The summed E-state index contributed by atoms with van der Waals surface area (Å²) >= 11 is 0. The van der Waals surface area contributed by atoms with Crippen molar-refractivity contribution in [2.24, 2.45) is 0 Å². The third kappa shape index (κ3) is 5.36. The predicted molar refractivity (Wildman–Crippen MR) is 134 cm³/mol. The van der Waals surface area contributed by atoms with Gasteiger partial charge >= 0.3 is 0 Å². The second kappa shape index (κ2) is 10.6. The van der Waals surface area contributed by atoms with Gasteiger partial charge in [0.2, 0.25) is 5.95 Å². The van der Waals surface area contributed by atoms with Crippen LogP contribution in [0.4, 0.5) is 11.6 Å². The third-order valence-electron chi connectivity index (χ3n) is 5.99. The Labute approximate surface area is 199 Å². The summed E-state index contributed by atoms with van der Waals surface area (Å²) in [6.07, 6.45) is 0. The van der Waals surface area contributed by atoms with E-state index in [0.29, 0.717) is 5.95 Å². The highest BCUT2D eigenvalue weighted by atomic mass is 16.5. The van der Waals surface area contributed by atoms with Gasteiger partial charge in [0.05, 0.1) is 26.0 Å². The summed E-state index contributed by atoms with van der Waals surface area (Å²) in [7, 11) is 1.67. The Balaban J connectivity index is 1.20. The zero-order valence-corrected chi connectivity index (χ0v) is 19.4. The minimum absolute atomic E-state index is 0.567. The lowest BCUT2D eigenvalue weighted by Crippen LogP contribution is -2.40. The van der Waals surface area contributed by atoms with Crippen LogP contribution in [-0.2, 0) is 11.3 Å². The van der Waals surface area contributed by atoms with E-state index in [1.54, 1.807) is 7.11 Å². The molecule has 2 N–H and O–H groups in total. The number of hydrogen-bond donors (Lipinski definition) is 2. The molecule has 0 bridgehead atoms. The average Bonchev–Trinajstić information content (AvgIpc) is 3.31. The molecule has 0 unspecified atom stereocenters. The van der Waals surface area contributed by atoms with Crippen LogP contribution < -0.4 is 15.4 Å². The lowest BCUT2D eigenvalue weighted by Gasteiger charge is -2.26. The molecule has 1 aliphatic heterocycles. The van der Waals surface area contributed by atoms with Crippen LogP contribution in [0.25, 0.3) is 16.9 Å². The predicted octanol–water partition coefficient (Wildman–Crippen LogP) is 3.57. The highest BCUT2D eigenvalue weighted by Crippen LogP contribution is 2.24. The molecule has 2 aromatic heterocycles. The van der Waals surface area contributed by atoms with Crippen LogP contribution in [0.15, 0.2) is 66.7 Å². The fourth-order valence-corrected chi connectivity index (χ4v) is 4.07. The minimum atomic E-state index is 0.567. The zero-order valence-electron chi connectivity index (χ0n) is 19.4. The maximum atomic E-state index is 5.40. The molecule has 3 heterocycles. The number of morpholine rings is 1. The second-order valence-electron chi connectivity index (χ2n) is 8.30. The van der Waals surface area contributed by atoms with Gasteiger partial charge < -0.3 is 20.1 Å². The number of ether oxygens (including phenoxy) is 2. The monoisotopic (exact) mass is 458 g/mol. The Morgan fingerprint density at radius 2 is 1.76 bits per heavy atom. The Kier molecular flexibility index (Phi) is 6.99. The second-order valence-corrected chi connectivity index (χ2v) is 8.30. The van der Waals surface area contributed by atoms with Crippen LogP contribution >= 0.6 is 0 Å². The van der Waals surface area contributed by atoms with Gasteiger partial charge in [-0.15, -0.1) is 5.10 Å². The van der Waals surface area contributed by atoms with Crippen molar-refractivity contribution in [3.05, 3.63) is 72.3 Å². The minimum Gasteiger partial charge on any atom is -0.497 e. The molecule has 1 aliphatic rings. The lowest BCUT2D eigenvalue weighted by atomic mass is 10.1. The van der Waals surface area contributed by atoms with E-state index in [4.69, 9.17) is 14.6 Å². The number of anilines is 2. The number of hydrogen-bond acceptors (Lipinski definition) is 7. The summed E-state index contributed by atoms with van der Waals surface area (Å²) in [6.45, 7) is 6.63. The van der Waals surface area contributed by atoms with Crippen LogP contribution in [0.1, 0.15) is 5.56 Å². The molecule has 34 heavy (non-hydrogen) atoms. The number of pyridine rings is 1. The van der Waals surface area contributed by atoms with Gasteiger partial charge in [-0.05, 0) is 54.1 Å². The van der Waals surface area contributed by atoms with E-state index >= 15 is 0 Å². The van der Waals surface area contributed by atoms with Crippen molar-refractivity contribution in [3.8, 4) is 17.0 Å². The van der Waals surface area contributed by atoms with Gasteiger partial charge in [0, 0.05) is 44.0 Å². The zero-order chi connectivity index (χ0) is 23.2. The number of nitrogens with one attached hydrogen (secondary N) is 2. The van der Waals surface area contributed by atoms with Crippen LogP contribution in [0.5, 0.6) is 5.75 Å². The summed E-state index contributed by atoms with van der Waals surface area (Å²) in [5.74, 6) is 1.39. The SMILES string of the molecule is COc1ccc(-c2cccc3nc(Nc4ccc(CNCCN5CCOCC5)cc4)nn23)cc1. The molecular formula is C26H30N6O2. The van der Waals surface area contributed by atoms with Crippen molar-refractivity contribution < 1.29 is 9.47 Å². The van der Waals surface area contributed by atoms with Gasteiger partial charge in [-0.1, -0.05) is 18.2 Å². The molecule has 0 radical (unpaired) electrons. The highest BCUT2D eigenvalue weighted by Gasteiger charge is 2.10. The molecule has 1 saturated heterocycles. The Bertz CT molecular complexity index is 1200. The Hall–Kier alpha value is -3.46. The number of aromatic nitrogens is 3. The molecule has 8 heteroatoms. The van der Waals surface area contributed by atoms with E-state index < -0.39 is 0 Å². The molecule has 2 aromatic carbocycles. The molecule has 0 aliphatic carbocycles. The van der Waals surface area contributed by atoms with Gasteiger partial charge in [-0.2, -0.15) is 4.98 Å². The molecule has 0 saturated carbocycles. The number of fused-ring (bicyclic) bond motifs is 1. The summed E-state index contributed by atoms with van der Waals surface area (Å²) in [5, 5.41) is 11.5. The van der Waals surface area contributed by atoms with Crippen molar-refractivity contribution in [2.45, 2.75) is 6.54 Å². The average molecular weight is 459 g/mol. The molecule has 0 spiro atoms. The molecular weight excluding hydrogens is 428 g/mol. The van der Waals surface area contributed by atoms with E-state index in [9.17, 15) is 0 Å². The number of methoxy groups -OCH3 is 1. The van der Waals surface area contributed by atoms with E-state index in [1.165, 1.54) is 5.56 Å². The highest BCUT2D eigenvalue weighted by molar-refractivity contribution is 5.65. The fraction of sp³-hybridized carbons (Fsp3) is 0.308. The maximum Gasteiger partial charge on any atom is 0.247 e. The first kappa shape index (κ1) is 22.3. The Morgan fingerprint density at radius 3 is 2.53 bits per heavy atom. The normalized spacial score (nSPS) is 14.4. The van der Waals surface area contributed by atoms with Crippen LogP contribution in [0, 0.1) is 0 Å². The van der Waals surface area contributed by atoms with Gasteiger partial charge in [0.25, 0.3) is 0 Å². The lowest BCUT2D eigenvalue weighted by molar-refractivity contribution is 0.0384. The number of nitrogens with zero attached hydrogens (tertiary/aromatic N) is 4. The third-order valence-corrected chi connectivity index (χ3v) is 5.99. The van der Waals surface area contributed by atoms with Crippen molar-refractivity contribution in [2.75, 3.05) is 51.8 Å². The van der Waals surface area contributed by atoms with Gasteiger partial charge in [-0.3, -0.25) is 4.90 Å². The Morgan fingerprint density at radius 1 is 0.971 bits per heavy atom. The van der Waals surface area contributed by atoms with E-state index in [1.807, 2.05) is 47.0 Å². The van der Waals surface area contributed by atoms with Gasteiger partial charge in [-0.25, -0.2) is 4.52 Å². The van der Waals surface area contributed by atoms with Crippen LogP contribution in [0.3, 0.4) is 0 Å².